The number of ether oxygens (including phenoxy) is 1. The van der Waals surface area contributed by atoms with Crippen LogP contribution in [0.15, 0.2) is 78.9 Å². The molecule has 1 N–H and O–H groups in total. The van der Waals surface area contributed by atoms with Crippen LogP contribution in [0.2, 0.25) is 0 Å². The predicted molar refractivity (Wildman–Crippen MR) is 125 cm³/mol. The van der Waals surface area contributed by atoms with Crippen LogP contribution in [0.1, 0.15) is 11.1 Å². The van der Waals surface area contributed by atoms with E-state index in [4.69, 9.17) is 4.74 Å². The first-order valence-corrected chi connectivity index (χ1v) is 11.0. The Morgan fingerprint density at radius 2 is 1.66 bits per heavy atom. The first kappa shape index (κ1) is 21.6. The normalized spacial score (nSPS) is 16.2. The Morgan fingerprint density at radius 1 is 0.969 bits per heavy atom. The fourth-order valence-electron chi connectivity index (χ4n) is 4.26. The first-order valence-electron chi connectivity index (χ1n) is 11.0. The quantitative estimate of drug-likeness (QED) is 0.651. The van der Waals surface area contributed by atoms with E-state index in [1.165, 1.54) is 0 Å². The average Bonchev–Trinajstić information content (AvgIpc) is 3.01. The van der Waals surface area contributed by atoms with Crippen molar-refractivity contribution >= 4 is 11.8 Å². The summed E-state index contributed by atoms with van der Waals surface area (Å²) in [6.45, 7) is 1.42. The molecule has 0 saturated carbocycles. The van der Waals surface area contributed by atoms with Crippen molar-refractivity contribution in [3.05, 3.63) is 90.0 Å². The number of para-hydroxylation sites is 1. The highest BCUT2D eigenvalue weighted by molar-refractivity contribution is 5.83. The molecule has 2 amide bonds. The highest BCUT2D eigenvalue weighted by atomic mass is 16.5. The van der Waals surface area contributed by atoms with E-state index in [0.29, 0.717) is 32.5 Å². The number of benzene rings is 3. The summed E-state index contributed by atoms with van der Waals surface area (Å²) in [5.74, 6) is 0.531. The number of methoxy groups -OCH3 is 1. The Hall–Kier alpha value is -3.60. The van der Waals surface area contributed by atoms with Crippen molar-refractivity contribution in [1.29, 1.82) is 0 Å². The summed E-state index contributed by atoms with van der Waals surface area (Å²) >= 11 is 0. The van der Waals surface area contributed by atoms with E-state index in [2.05, 4.69) is 17.4 Å². The van der Waals surface area contributed by atoms with Gasteiger partial charge in [-0.2, -0.15) is 0 Å². The van der Waals surface area contributed by atoms with Crippen LogP contribution in [0.4, 0.5) is 0 Å². The topological polar surface area (TPSA) is 58.6 Å². The van der Waals surface area contributed by atoms with Crippen molar-refractivity contribution in [2.24, 2.45) is 5.92 Å². The molecule has 5 heteroatoms. The fourth-order valence-corrected chi connectivity index (χ4v) is 4.26. The Balaban J connectivity index is 1.55. The molecule has 1 unspecified atom stereocenters. The molecular weight excluding hydrogens is 400 g/mol. The lowest BCUT2D eigenvalue weighted by Crippen LogP contribution is -2.38. The molecule has 5 nitrogen and oxygen atoms in total. The van der Waals surface area contributed by atoms with Crippen LogP contribution in [0, 0.1) is 5.92 Å². The Morgan fingerprint density at radius 3 is 2.44 bits per heavy atom. The van der Waals surface area contributed by atoms with Crippen molar-refractivity contribution in [2.45, 2.75) is 12.8 Å². The lowest BCUT2D eigenvalue weighted by atomic mass is 9.91. The number of carbonyl (C=O) groups is 2. The Bertz CT molecular complexity index is 1080. The highest BCUT2D eigenvalue weighted by Gasteiger charge is 2.28. The zero-order chi connectivity index (χ0) is 22.3. The largest absolute Gasteiger partial charge is 0.496 e. The minimum absolute atomic E-state index is 0.00478. The van der Waals surface area contributed by atoms with Crippen molar-refractivity contribution in [1.82, 2.24) is 10.2 Å². The maximum absolute atomic E-state index is 13.0. The zero-order valence-electron chi connectivity index (χ0n) is 18.3. The van der Waals surface area contributed by atoms with Crippen LogP contribution < -0.4 is 10.1 Å². The molecule has 3 aromatic carbocycles. The molecule has 0 spiro atoms. The number of amides is 2. The van der Waals surface area contributed by atoms with Gasteiger partial charge in [-0.1, -0.05) is 72.8 Å². The zero-order valence-corrected chi connectivity index (χ0v) is 18.3. The van der Waals surface area contributed by atoms with Crippen molar-refractivity contribution in [2.75, 3.05) is 26.7 Å². The number of carbonyl (C=O) groups excluding carboxylic acids is 2. The second-order valence-electron chi connectivity index (χ2n) is 8.05. The van der Waals surface area contributed by atoms with Crippen molar-refractivity contribution in [3.63, 3.8) is 0 Å². The summed E-state index contributed by atoms with van der Waals surface area (Å²) in [6.07, 6.45) is 0.898. The van der Waals surface area contributed by atoms with Gasteiger partial charge in [-0.3, -0.25) is 9.59 Å². The molecule has 4 rings (SSSR count). The molecule has 0 aromatic heterocycles. The predicted octanol–water partition coefficient (Wildman–Crippen LogP) is 3.72. The molecule has 1 aliphatic heterocycles. The van der Waals surface area contributed by atoms with Gasteiger partial charge in [0.1, 0.15) is 5.75 Å². The van der Waals surface area contributed by atoms with Gasteiger partial charge in [0.15, 0.2) is 0 Å². The summed E-state index contributed by atoms with van der Waals surface area (Å²) < 4.78 is 5.56. The van der Waals surface area contributed by atoms with E-state index < -0.39 is 0 Å². The molecule has 0 radical (unpaired) electrons. The molecule has 1 fully saturated rings. The maximum atomic E-state index is 13.0. The van der Waals surface area contributed by atoms with E-state index in [1.807, 2.05) is 71.6 Å². The molecule has 1 aliphatic rings. The molecular formula is C27H28N2O3. The smallest absolute Gasteiger partial charge is 0.227 e. The Labute approximate surface area is 189 Å². The second-order valence-corrected chi connectivity index (χ2v) is 8.05. The van der Waals surface area contributed by atoms with Gasteiger partial charge in [-0.05, 0) is 29.2 Å². The van der Waals surface area contributed by atoms with Crippen molar-refractivity contribution < 1.29 is 14.3 Å². The van der Waals surface area contributed by atoms with Gasteiger partial charge in [0.2, 0.25) is 11.8 Å². The van der Waals surface area contributed by atoms with E-state index in [9.17, 15) is 9.59 Å². The Kier molecular flexibility index (Phi) is 6.85. The summed E-state index contributed by atoms with van der Waals surface area (Å²) in [4.78, 5) is 27.6. The van der Waals surface area contributed by atoms with Crippen LogP contribution in [0.25, 0.3) is 11.1 Å². The average molecular weight is 429 g/mol. The number of nitrogens with zero attached hydrogens (tertiary/aromatic N) is 1. The van der Waals surface area contributed by atoms with Gasteiger partial charge in [-0.15, -0.1) is 0 Å². The standard InChI is InChI=1S/C27H28N2O3/c1-32-25-14-8-7-13-24(25)23-12-6-5-11-21(23)18-22-19-29(16-15-28-27(22)31)26(30)17-20-9-3-2-4-10-20/h2-14,22H,15-19H2,1H3,(H,28,31). The van der Waals surface area contributed by atoms with Crippen molar-refractivity contribution in [3.8, 4) is 16.9 Å². The first-order chi connectivity index (χ1) is 15.7. The van der Waals surface area contributed by atoms with Crippen LogP contribution in [0.5, 0.6) is 5.75 Å². The van der Waals surface area contributed by atoms with Crippen LogP contribution >= 0.6 is 0 Å². The van der Waals surface area contributed by atoms with Crippen LogP contribution in [-0.4, -0.2) is 43.5 Å². The number of rotatable bonds is 6. The van der Waals surface area contributed by atoms with Crippen LogP contribution in [-0.2, 0) is 22.4 Å². The highest BCUT2D eigenvalue weighted by Crippen LogP contribution is 2.33. The van der Waals surface area contributed by atoms with Gasteiger partial charge in [0.05, 0.1) is 19.4 Å². The molecule has 32 heavy (non-hydrogen) atoms. The van der Waals surface area contributed by atoms with E-state index >= 15 is 0 Å². The second kappa shape index (κ2) is 10.1. The minimum Gasteiger partial charge on any atom is -0.496 e. The van der Waals surface area contributed by atoms with Gasteiger partial charge in [0.25, 0.3) is 0 Å². The van der Waals surface area contributed by atoms with Gasteiger partial charge >= 0.3 is 0 Å². The molecule has 3 aromatic rings. The number of hydrogen-bond donors (Lipinski definition) is 1. The molecule has 1 heterocycles. The van der Waals surface area contributed by atoms with E-state index in [0.717, 1.165) is 28.0 Å². The minimum atomic E-state index is -0.312. The van der Waals surface area contributed by atoms with Gasteiger partial charge in [0, 0.05) is 25.2 Å². The maximum Gasteiger partial charge on any atom is 0.227 e. The summed E-state index contributed by atoms with van der Waals surface area (Å²) in [6, 6.07) is 25.7. The third kappa shape index (κ3) is 4.99. The molecule has 0 bridgehead atoms. The lowest BCUT2D eigenvalue weighted by Gasteiger charge is -2.24. The monoisotopic (exact) mass is 428 g/mol. The van der Waals surface area contributed by atoms with Gasteiger partial charge in [-0.25, -0.2) is 0 Å². The lowest BCUT2D eigenvalue weighted by molar-refractivity contribution is -0.131. The molecule has 1 atom stereocenters. The van der Waals surface area contributed by atoms with Gasteiger partial charge < -0.3 is 15.0 Å². The van der Waals surface area contributed by atoms with E-state index in [1.54, 1.807) is 7.11 Å². The molecule has 0 aliphatic carbocycles. The third-order valence-corrected chi connectivity index (χ3v) is 5.92. The summed E-state index contributed by atoms with van der Waals surface area (Å²) in [7, 11) is 1.66. The molecule has 1 saturated heterocycles. The molecule has 164 valence electrons. The number of nitrogens with one attached hydrogen (secondary N) is 1. The summed E-state index contributed by atoms with van der Waals surface area (Å²) in [5, 5.41) is 2.99. The third-order valence-electron chi connectivity index (χ3n) is 5.92. The number of hydrogen-bond acceptors (Lipinski definition) is 3. The van der Waals surface area contributed by atoms with Crippen LogP contribution in [0.3, 0.4) is 0 Å². The SMILES string of the molecule is COc1ccccc1-c1ccccc1CC1CN(C(=O)Cc2ccccc2)CCNC1=O. The fraction of sp³-hybridized carbons (Fsp3) is 0.259. The van der Waals surface area contributed by atoms with E-state index in [-0.39, 0.29) is 17.7 Å². The summed E-state index contributed by atoms with van der Waals surface area (Å²) in [5.41, 5.74) is 4.09.